The molecule has 0 radical (unpaired) electrons. The summed E-state index contributed by atoms with van der Waals surface area (Å²) in [5, 5.41) is 0. The molecule has 2 aromatic carbocycles. The molecule has 0 bridgehead atoms. The van der Waals surface area contributed by atoms with E-state index in [1.807, 2.05) is 42.3 Å². The minimum absolute atomic E-state index is 0.191. The van der Waals surface area contributed by atoms with Gasteiger partial charge in [0.2, 0.25) is 5.91 Å². The van der Waals surface area contributed by atoms with Crippen LogP contribution in [0.3, 0.4) is 0 Å². The SMILES string of the molecule is CN1CCN(CC(=O)N(Cc2ccccc2)c2cccc(C(F)(F)F)c2)CC1. The van der Waals surface area contributed by atoms with E-state index in [2.05, 4.69) is 4.90 Å². The highest BCUT2D eigenvalue weighted by Crippen LogP contribution is 2.32. The van der Waals surface area contributed by atoms with Crippen LogP contribution in [0.5, 0.6) is 0 Å². The van der Waals surface area contributed by atoms with Crippen LogP contribution in [-0.4, -0.2) is 55.5 Å². The van der Waals surface area contributed by atoms with Gasteiger partial charge in [0.05, 0.1) is 18.7 Å². The van der Waals surface area contributed by atoms with E-state index in [9.17, 15) is 18.0 Å². The first-order valence-corrected chi connectivity index (χ1v) is 9.25. The van der Waals surface area contributed by atoms with E-state index in [0.717, 1.165) is 43.9 Å². The average molecular weight is 391 g/mol. The number of anilines is 1. The molecule has 0 aliphatic carbocycles. The predicted molar refractivity (Wildman–Crippen MR) is 103 cm³/mol. The zero-order valence-corrected chi connectivity index (χ0v) is 15.8. The van der Waals surface area contributed by atoms with Gasteiger partial charge in [-0.1, -0.05) is 36.4 Å². The Balaban J connectivity index is 1.83. The summed E-state index contributed by atoms with van der Waals surface area (Å²) in [6, 6.07) is 14.3. The molecule has 28 heavy (non-hydrogen) atoms. The zero-order chi connectivity index (χ0) is 20.1. The molecule has 0 saturated carbocycles. The van der Waals surface area contributed by atoms with E-state index in [1.165, 1.54) is 11.0 Å². The Morgan fingerprint density at radius 3 is 2.32 bits per heavy atom. The normalized spacial score (nSPS) is 16.1. The summed E-state index contributed by atoms with van der Waals surface area (Å²) in [6.07, 6.45) is -4.45. The summed E-state index contributed by atoms with van der Waals surface area (Å²) in [6.45, 7) is 3.70. The van der Waals surface area contributed by atoms with Crippen molar-refractivity contribution in [3.8, 4) is 0 Å². The van der Waals surface area contributed by atoms with E-state index in [1.54, 1.807) is 6.07 Å². The largest absolute Gasteiger partial charge is 0.416 e. The van der Waals surface area contributed by atoms with Crippen molar-refractivity contribution in [1.82, 2.24) is 9.80 Å². The molecule has 1 heterocycles. The van der Waals surface area contributed by atoms with Crippen LogP contribution >= 0.6 is 0 Å². The average Bonchev–Trinajstić information content (AvgIpc) is 2.68. The van der Waals surface area contributed by atoms with Crippen LogP contribution in [-0.2, 0) is 17.5 Å². The maximum Gasteiger partial charge on any atom is 0.416 e. The van der Waals surface area contributed by atoms with E-state index in [0.29, 0.717) is 0 Å². The highest BCUT2D eigenvalue weighted by molar-refractivity contribution is 5.94. The van der Waals surface area contributed by atoms with Crippen LogP contribution in [0.2, 0.25) is 0 Å². The van der Waals surface area contributed by atoms with Crippen LogP contribution in [0.25, 0.3) is 0 Å². The van der Waals surface area contributed by atoms with Gasteiger partial charge in [0.25, 0.3) is 0 Å². The van der Waals surface area contributed by atoms with Crippen LogP contribution < -0.4 is 4.90 Å². The lowest BCUT2D eigenvalue weighted by Crippen LogP contribution is -2.49. The predicted octanol–water partition coefficient (Wildman–Crippen LogP) is 3.49. The second kappa shape index (κ2) is 8.75. The first-order chi connectivity index (χ1) is 13.3. The Labute approximate surface area is 163 Å². The minimum atomic E-state index is -4.45. The van der Waals surface area contributed by atoms with Crippen LogP contribution in [0.1, 0.15) is 11.1 Å². The van der Waals surface area contributed by atoms with Crippen molar-refractivity contribution in [2.75, 3.05) is 44.7 Å². The number of likely N-dealkylation sites (N-methyl/N-ethyl adjacent to an activating group) is 1. The smallest absolute Gasteiger partial charge is 0.307 e. The van der Waals surface area contributed by atoms with Crippen molar-refractivity contribution >= 4 is 11.6 Å². The number of alkyl halides is 3. The van der Waals surface area contributed by atoms with Gasteiger partial charge in [0.15, 0.2) is 0 Å². The Hall–Kier alpha value is -2.38. The maximum atomic E-state index is 13.2. The molecular formula is C21H24F3N3O. The van der Waals surface area contributed by atoms with E-state index in [-0.39, 0.29) is 24.7 Å². The Morgan fingerprint density at radius 1 is 1.00 bits per heavy atom. The standard InChI is InChI=1S/C21H24F3N3O/c1-25-10-12-26(13-11-25)16-20(28)27(15-17-6-3-2-4-7-17)19-9-5-8-18(14-19)21(22,23)24/h2-9,14H,10-13,15-16H2,1H3. The molecule has 7 heteroatoms. The lowest BCUT2D eigenvalue weighted by Gasteiger charge is -2.33. The summed E-state index contributed by atoms with van der Waals surface area (Å²) in [5.74, 6) is -0.201. The maximum absolute atomic E-state index is 13.2. The molecule has 1 fully saturated rings. The third kappa shape index (κ3) is 5.33. The highest BCUT2D eigenvalue weighted by Gasteiger charge is 2.31. The van der Waals surface area contributed by atoms with Crippen molar-refractivity contribution in [1.29, 1.82) is 0 Å². The third-order valence-electron chi connectivity index (χ3n) is 4.92. The van der Waals surface area contributed by atoms with Gasteiger partial charge in [-0.2, -0.15) is 13.2 Å². The third-order valence-corrected chi connectivity index (χ3v) is 4.92. The summed E-state index contributed by atoms with van der Waals surface area (Å²) >= 11 is 0. The molecule has 0 unspecified atom stereocenters. The van der Waals surface area contributed by atoms with Crippen LogP contribution in [0, 0.1) is 0 Å². The molecule has 2 aromatic rings. The Bertz CT molecular complexity index is 787. The number of halogens is 3. The molecule has 150 valence electrons. The number of carbonyl (C=O) groups is 1. The van der Waals surface area contributed by atoms with Crippen molar-refractivity contribution in [3.63, 3.8) is 0 Å². The van der Waals surface area contributed by atoms with E-state index < -0.39 is 11.7 Å². The number of amides is 1. The number of hydrogen-bond acceptors (Lipinski definition) is 3. The molecule has 1 amide bonds. The molecule has 1 saturated heterocycles. The number of rotatable bonds is 5. The summed E-state index contributed by atoms with van der Waals surface area (Å²) in [5.41, 5.74) is 0.375. The quantitative estimate of drug-likeness (QED) is 0.781. The topological polar surface area (TPSA) is 26.8 Å². The molecular weight excluding hydrogens is 367 g/mol. The number of nitrogens with zero attached hydrogens (tertiary/aromatic N) is 3. The zero-order valence-electron chi connectivity index (χ0n) is 15.8. The highest BCUT2D eigenvalue weighted by atomic mass is 19.4. The van der Waals surface area contributed by atoms with Gasteiger partial charge < -0.3 is 9.80 Å². The van der Waals surface area contributed by atoms with Crippen molar-refractivity contribution in [2.24, 2.45) is 0 Å². The van der Waals surface area contributed by atoms with Crippen molar-refractivity contribution < 1.29 is 18.0 Å². The summed E-state index contributed by atoms with van der Waals surface area (Å²) < 4.78 is 39.5. The fourth-order valence-corrected chi connectivity index (χ4v) is 3.22. The van der Waals surface area contributed by atoms with Crippen molar-refractivity contribution in [2.45, 2.75) is 12.7 Å². The van der Waals surface area contributed by atoms with E-state index in [4.69, 9.17) is 0 Å². The van der Waals surface area contributed by atoms with Crippen molar-refractivity contribution in [3.05, 3.63) is 65.7 Å². The number of hydrogen-bond donors (Lipinski definition) is 0. The van der Waals surface area contributed by atoms with Gasteiger partial charge in [-0.05, 0) is 30.8 Å². The second-order valence-electron chi connectivity index (χ2n) is 7.09. The molecule has 0 spiro atoms. The molecule has 1 aliphatic heterocycles. The molecule has 1 aliphatic rings. The van der Waals surface area contributed by atoms with Crippen LogP contribution in [0.4, 0.5) is 18.9 Å². The number of benzene rings is 2. The molecule has 4 nitrogen and oxygen atoms in total. The van der Waals surface area contributed by atoms with Gasteiger partial charge in [0.1, 0.15) is 0 Å². The Kier molecular flexibility index (Phi) is 6.36. The number of carbonyl (C=O) groups excluding carboxylic acids is 1. The lowest BCUT2D eigenvalue weighted by molar-refractivity contribution is -0.137. The van der Waals surface area contributed by atoms with Gasteiger partial charge in [-0.15, -0.1) is 0 Å². The van der Waals surface area contributed by atoms with Gasteiger partial charge >= 0.3 is 6.18 Å². The molecule has 0 atom stereocenters. The fourth-order valence-electron chi connectivity index (χ4n) is 3.22. The molecule has 3 rings (SSSR count). The van der Waals surface area contributed by atoms with Gasteiger partial charge in [0, 0.05) is 31.9 Å². The van der Waals surface area contributed by atoms with Gasteiger partial charge in [-0.3, -0.25) is 9.69 Å². The fraction of sp³-hybridized carbons (Fsp3) is 0.381. The molecule has 0 aromatic heterocycles. The number of piperazine rings is 1. The summed E-state index contributed by atoms with van der Waals surface area (Å²) in [4.78, 5) is 18.7. The first kappa shape index (κ1) is 20.4. The Morgan fingerprint density at radius 2 is 1.68 bits per heavy atom. The lowest BCUT2D eigenvalue weighted by atomic mass is 10.1. The minimum Gasteiger partial charge on any atom is -0.307 e. The summed E-state index contributed by atoms with van der Waals surface area (Å²) in [7, 11) is 2.03. The van der Waals surface area contributed by atoms with Crippen LogP contribution in [0.15, 0.2) is 54.6 Å². The van der Waals surface area contributed by atoms with E-state index >= 15 is 0 Å². The molecule has 0 N–H and O–H groups in total. The second-order valence-corrected chi connectivity index (χ2v) is 7.09. The monoisotopic (exact) mass is 391 g/mol. The van der Waals surface area contributed by atoms with Gasteiger partial charge in [-0.25, -0.2) is 0 Å². The first-order valence-electron chi connectivity index (χ1n) is 9.25.